The highest BCUT2D eigenvalue weighted by Gasteiger charge is 2.37. The fourth-order valence-electron chi connectivity index (χ4n) is 5.01. The SMILES string of the molecule is Cc1cc(C=C2C(=O)NC(=O)N(c3ccc(C(C)(C)C)cc3)C2=O)c(C)n1C1CCCCC1. The second-order valence-corrected chi connectivity index (χ2v) is 10.2. The van der Waals surface area contributed by atoms with E-state index < -0.39 is 17.8 Å². The van der Waals surface area contributed by atoms with E-state index in [0.717, 1.165) is 40.3 Å². The molecule has 2 aliphatic rings. The molecule has 4 amide bonds. The van der Waals surface area contributed by atoms with Gasteiger partial charge in [0.25, 0.3) is 11.8 Å². The number of imide groups is 2. The van der Waals surface area contributed by atoms with Crippen LogP contribution in [0.3, 0.4) is 0 Å². The lowest BCUT2D eigenvalue weighted by Crippen LogP contribution is -2.54. The van der Waals surface area contributed by atoms with E-state index >= 15 is 0 Å². The summed E-state index contributed by atoms with van der Waals surface area (Å²) in [5, 5.41) is 2.33. The molecule has 1 saturated heterocycles. The number of aryl methyl sites for hydroxylation is 1. The number of benzene rings is 1. The summed E-state index contributed by atoms with van der Waals surface area (Å²) in [6, 6.07) is 9.08. The van der Waals surface area contributed by atoms with E-state index in [0.29, 0.717) is 11.7 Å². The van der Waals surface area contributed by atoms with Crippen molar-refractivity contribution < 1.29 is 14.4 Å². The number of urea groups is 1. The monoisotopic (exact) mass is 447 g/mol. The van der Waals surface area contributed by atoms with E-state index in [1.165, 1.54) is 19.3 Å². The van der Waals surface area contributed by atoms with E-state index in [4.69, 9.17) is 0 Å². The predicted octanol–water partition coefficient (Wildman–Crippen LogP) is 5.57. The first-order chi connectivity index (χ1) is 15.6. The first-order valence-electron chi connectivity index (χ1n) is 11.8. The zero-order valence-corrected chi connectivity index (χ0v) is 20.2. The lowest BCUT2D eigenvalue weighted by molar-refractivity contribution is -0.122. The standard InChI is InChI=1S/C27H33N3O3/c1-17-15-19(18(2)29(17)21-9-7-6-8-10-21)16-23-24(31)28-26(33)30(25(23)32)22-13-11-20(12-14-22)27(3,4)5/h11-16,21H,6-10H2,1-5H3,(H,28,31,33). The number of hydrogen-bond donors (Lipinski definition) is 1. The molecule has 33 heavy (non-hydrogen) atoms. The van der Waals surface area contributed by atoms with Crippen molar-refractivity contribution in [1.29, 1.82) is 0 Å². The minimum Gasteiger partial charge on any atom is -0.346 e. The molecule has 0 radical (unpaired) electrons. The summed E-state index contributed by atoms with van der Waals surface area (Å²) in [5.41, 5.74) is 4.47. The van der Waals surface area contributed by atoms with Crippen LogP contribution in [0.2, 0.25) is 0 Å². The van der Waals surface area contributed by atoms with Gasteiger partial charge in [-0.3, -0.25) is 14.9 Å². The van der Waals surface area contributed by atoms with Gasteiger partial charge in [-0.05, 0) is 67.5 Å². The maximum absolute atomic E-state index is 13.3. The first-order valence-corrected chi connectivity index (χ1v) is 11.8. The van der Waals surface area contributed by atoms with Gasteiger partial charge in [-0.1, -0.05) is 52.2 Å². The lowest BCUT2D eigenvalue weighted by Gasteiger charge is -2.27. The van der Waals surface area contributed by atoms with Gasteiger partial charge in [0.05, 0.1) is 5.69 Å². The summed E-state index contributed by atoms with van der Waals surface area (Å²) >= 11 is 0. The van der Waals surface area contributed by atoms with Gasteiger partial charge in [0.2, 0.25) is 0 Å². The molecule has 6 heteroatoms. The molecular formula is C27H33N3O3. The van der Waals surface area contributed by atoms with Crippen molar-refractivity contribution in [2.24, 2.45) is 0 Å². The molecule has 1 saturated carbocycles. The normalized spacial score (nSPS) is 19.4. The van der Waals surface area contributed by atoms with Crippen molar-refractivity contribution in [2.75, 3.05) is 4.90 Å². The van der Waals surface area contributed by atoms with Crippen molar-refractivity contribution >= 4 is 29.6 Å². The first kappa shape index (κ1) is 23.0. The third-order valence-electron chi connectivity index (χ3n) is 6.86. The van der Waals surface area contributed by atoms with E-state index in [9.17, 15) is 14.4 Å². The topological polar surface area (TPSA) is 71.4 Å². The molecule has 1 aromatic carbocycles. The number of amides is 4. The molecule has 1 N–H and O–H groups in total. The molecular weight excluding hydrogens is 414 g/mol. The van der Waals surface area contributed by atoms with E-state index in [1.54, 1.807) is 18.2 Å². The van der Waals surface area contributed by atoms with Crippen molar-refractivity contribution in [3.05, 3.63) is 58.4 Å². The third-order valence-corrected chi connectivity index (χ3v) is 6.86. The van der Waals surface area contributed by atoms with E-state index in [-0.39, 0.29) is 11.0 Å². The molecule has 0 bridgehead atoms. The average Bonchev–Trinajstić information content (AvgIpc) is 3.04. The van der Waals surface area contributed by atoms with Gasteiger partial charge in [-0.2, -0.15) is 0 Å². The second kappa shape index (κ2) is 8.65. The number of hydrogen-bond acceptors (Lipinski definition) is 3. The fraction of sp³-hybridized carbons (Fsp3) is 0.444. The van der Waals surface area contributed by atoms with Gasteiger partial charge in [0, 0.05) is 17.4 Å². The van der Waals surface area contributed by atoms with Crippen LogP contribution in [0.25, 0.3) is 6.08 Å². The number of aromatic nitrogens is 1. The number of barbiturate groups is 1. The van der Waals surface area contributed by atoms with Crippen molar-refractivity contribution in [2.45, 2.75) is 78.2 Å². The molecule has 1 aliphatic heterocycles. The third kappa shape index (κ3) is 4.39. The zero-order chi connectivity index (χ0) is 23.9. The number of carbonyl (C=O) groups is 3. The molecule has 1 aromatic heterocycles. The van der Waals surface area contributed by atoms with Gasteiger partial charge in [0.1, 0.15) is 5.57 Å². The van der Waals surface area contributed by atoms with E-state index in [1.807, 2.05) is 25.1 Å². The van der Waals surface area contributed by atoms with Crippen molar-refractivity contribution in [3.63, 3.8) is 0 Å². The van der Waals surface area contributed by atoms with Crippen LogP contribution in [0.5, 0.6) is 0 Å². The Bertz CT molecular complexity index is 1130. The Morgan fingerprint density at radius 1 is 0.970 bits per heavy atom. The van der Waals surface area contributed by atoms with E-state index in [2.05, 4.69) is 37.6 Å². The van der Waals surface area contributed by atoms with Gasteiger partial charge in [0.15, 0.2) is 0 Å². The Hall–Kier alpha value is -3.15. The summed E-state index contributed by atoms with van der Waals surface area (Å²) < 4.78 is 2.34. The highest BCUT2D eigenvalue weighted by Crippen LogP contribution is 2.33. The Kier molecular flexibility index (Phi) is 6.04. The molecule has 0 unspecified atom stereocenters. The smallest absolute Gasteiger partial charge is 0.335 e. The summed E-state index contributed by atoms with van der Waals surface area (Å²) in [7, 11) is 0. The van der Waals surface area contributed by atoms with Crippen molar-refractivity contribution in [3.8, 4) is 0 Å². The van der Waals surface area contributed by atoms with Crippen LogP contribution in [-0.4, -0.2) is 22.4 Å². The summed E-state index contributed by atoms with van der Waals surface area (Å²) in [6.07, 6.45) is 7.66. The predicted molar refractivity (Wildman–Crippen MR) is 130 cm³/mol. The van der Waals surface area contributed by atoms with Gasteiger partial charge in [-0.25, -0.2) is 9.69 Å². The zero-order valence-electron chi connectivity index (χ0n) is 20.2. The quantitative estimate of drug-likeness (QED) is 0.494. The maximum Gasteiger partial charge on any atom is 0.335 e. The molecule has 2 fully saturated rings. The lowest BCUT2D eigenvalue weighted by atomic mass is 9.87. The Labute approximate surface area is 195 Å². The second-order valence-electron chi connectivity index (χ2n) is 10.2. The van der Waals surface area contributed by atoms with Crippen LogP contribution < -0.4 is 10.2 Å². The van der Waals surface area contributed by atoms with Crippen LogP contribution in [0.1, 0.15) is 81.4 Å². The number of nitrogens with zero attached hydrogens (tertiary/aromatic N) is 2. The Morgan fingerprint density at radius 2 is 1.61 bits per heavy atom. The van der Waals surface area contributed by atoms with Crippen LogP contribution >= 0.6 is 0 Å². The maximum atomic E-state index is 13.3. The highest BCUT2D eigenvalue weighted by molar-refractivity contribution is 6.39. The summed E-state index contributed by atoms with van der Waals surface area (Å²) in [5.74, 6) is -1.26. The highest BCUT2D eigenvalue weighted by atomic mass is 16.2. The minimum absolute atomic E-state index is 0.0293. The molecule has 174 valence electrons. The fourth-order valence-corrected chi connectivity index (χ4v) is 5.01. The molecule has 4 rings (SSSR count). The molecule has 2 heterocycles. The van der Waals surface area contributed by atoms with Crippen molar-refractivity contribution in [1.82, 2.24) is 9.88 Å². The summed E-state index contributed by atoms with van der Waals surface area (Å²) in [4.78, 5) is 39.5. The molecule has 1 aliphatic carbocycles. The largest absolute Gasteiger partial charge is 0.346 e. The molecule has 2 aromatic rings. The van der Waals surface area contributed by atoms with Gasteiger partial charge < -0.3 is 4.57 Å². The summed E-state index contributed by atoms with van der Waals surface area (Å²) in [6.45, 7) is 10.4. The van der Waals surface area contributed by atoms with Crippen LogP contribution in [-0.2, 0) is 15.0 Å². The molecule has 6 nitrogen and oxygen atoms in total. The molecule has 0 spiro atoms. The van der Waals surface area contributed by atoms with Crippen LogP contribution in [0.15, 0.2) is 35.9 Å². The molecule has 0 atom stereocenters. The Balaban J connectivity index is 1.67. The van der Waals surface area contributed by atoms with Gasteiger partial charge in [-0.15, -0.1) is 0 Å². The number of nitrogens with one attached hydrogen (secondary N) is 1. The van der Waals surface area contributed by atoms with Crippen LogP contribution in [0, 0.1) is 13.8 Å². The number of carbonyl (C=O) groups excluding carboxylic acids is 3. The Morgan fingerprint density at radius 3 is 2.21 bits per heavy atom. The average molecular weight is 448 g/mol. The van der Waals surface area contributed by atoms with Crippen LogP contribution in [0.4, 0.5) is 10.5 Å². The minimum atomic E-state index is -0.724. The number of rotatable bonds is 3. The number of anilines is 1. The van der Waals surface area contributed by atoms with Gasteiger partial charge >= 0.3 is 6.03 Å².